The van der Waals surface area contributed by atoms with Crippen LogP contribution in [-0.4, -0.2) is 53.9 Å². The predicted octanol–water partition coefficient (Wildman–Crippen LogP) is 2.30. The number of nitrogens with one attached hydrogen (secondary N) is 4. The Morgan fingerprint density at radius 2 is 1.39 bits per heavy atom. The zero-order valence-corrected chi connectivity index (χ0v) is 24.2. The fourth-order valence-electron chi connectivity index (χ4n) is 4.35. The second-order valence-electron chi connectivity index (χ2n) is 9.98. The maximum absolute atomic E-state index is 13.5. The van der Waals surface area contributed by atoms with E-state index in [4.69, 9.17) is 11.5 Å². The number of rotatable bonds is 16. The highest BCUT2D eigenvalue weighted by Crippen LogP contribution is 2.38. The second kappa shape index (κ2) is 16.3. The van der Waals surface area contributed by atoms with Crippen LogP contribution < -0.4 is 32.7 Å². The summed E-state index contributed by atoms with van der Waals surface area (Å²) in [5.41, 5.74) is 12.4. The van der Waals surface area contributed by atoms with Gasteiger partial charge in [0.25, 0.3) is 0 Å². The Morgan fingerprint density at radius 3 is 1.91 bits per heavy atom. The molecule has 0 saturated heterocycles. The van der Waals surface area contributed by atoms with Gasteiger partial charge >= 0.3 is 5.69 Å². The smallest absolute Gasteiger partial charge is 0.300 e. The first kappa shape index (κ1) is 33.1. The molecule has 0 heterocycles. The van der Waals surface area contributed by atoms with E-state index < -0.39 is 52.1 Å². The number of carbonyl (C=O) groups is 3. The fourth-order valence-corrected chi connectivity index (χ4v) is 4.35. The van der Waals surface area contributed by atoms with Crippen molar-refractivity contribution in [1.82, 2.24) is 16.0 Å². The number of amides is 3. The summed E-state index contributed by atoms with van der Waals surface area (Å²) >= 11 is 0. The second-order valence-corrected chi connectivity index (χ2v) is 9.98. The molecule has 3 aromatic carbocycles. The van der Waals surface area contributed by atoms with E-state index >= 15 is 0 Å². The molecule has 8 N–H and O–H groups in total. The Hall–Kier alpha value is -5.37. The van der Waals surface area contributed by atoms with Gasteiger partial charge in [0.1, 0.15) is 12.1 Å². The zero-order valence-electron chi connectivity index (χ0n) is 24.2. The van der Waals surface area contributed by atoms with Crippen LogP contribution in [-0.2, 0) is 27.2 Å². The van der Waals surface area contributed by atoms with Crippen LogP contribution in [0.25, 0.3) is 0 Å². The van der Waals surface area contributed by atoms with E-state index in [1.165, 1.54) is 6.07 Å². The number of nitrogen functional groups attached to an aromatic ring is 1. The number of nitroso groups, excluding NO2 is 1. The number of nitro benzene ring substituents is 1. The molecule has 0 fully saturated rings. The van der Waals surface area contributed by atoms with E-state index in [-0.39, 0.29) is 37.3 Å². The van der Waals surface area contributed by atoms with Gasteiger partial charge in [0.05, 0.1) is 22.3 Å². The molecule has 232 valence electrons. The van der Waals surface area contributed by atoms with Crippen LogP contribution in [0.3, 0.4) is 0 Å². The molecule has 0 radical (unpaired) electrons. The lowest BCUT2D eigenvalue weighted by Crippen LogP contribution is -2.57. The number of nitrogens with two attached hydrogens (primary N) is 2. The first-order valence-corrected chi connectivity index (χ1v) is 14.0. The molecule has 0 bridgehead atoms. The summed E-state index contributed by atoms with van der Waals surface area (Å²) in [6.45, 7) is 1.98. The number of hydrogen-bond acceptors (Lipinski definition) is 10. The maximum atomic E-state index is 13.5. The van der Waals surface area contributed by atoms with Crippen LogP contribution in [0.1, 0.15) is 24.5 Å². The van der Waals surface area contributed by atoms with Crippen molar-refractivity contribution in [3.05, 3.63) is 98.9 Å². The topological polar surface area (TPSA) is 224 Å². The van der Waals surface area contributed by atoms with E-state index in [9.17, 15) is 29.4 Å². The molecule has 0 aromatic heterocycles. The van der Waals surface area contributed by atoms with Gasteiger partial charge in [0.15, 0.2) is 0 Å². The molecule has 14 nitrogen and oxygen atoms in total. The summed E-state index contributed by atoms with van der Waals surface area (Å²) in [7, 11) is 0. The molecular formula is C30H36N8O6. The average molecular weight is 605 g/mol. The van der Waals surface area contributed by atoms with Gasteiger partial charge in [-0.05, 0) is 28.8 Å². The monoisotopic (exact) mass is 604 g/mol. The van der Waals surface area contributed by atoms with Crippen LogP contribution in [0.5, 0.6) is 0 Å². The molecule has 44 heavy (non-hydrogen) atoms. The van der Waals surface area contributed by atoms with Gasteiger partial charge in [0.2, 0.25) is 23.4 Å². The number of benzene rings is 3. The Labute approximate surface area is 254 Å². The van der Waals surface area contributed by atoms with E-state index in [0.717, 1.165) is 17.2 Å². The molecule has 3 amide bonds. The molecule has 3 atom stereocenters. The molecular weight excluding hydrogens is 568 g/mol. The number of carbonyl (C=O) groups excluding carboxylic acids is 3. The van der Waals surface area contributed by atoms with Crippen LogP contribution in [0.4, 0.5) is 22.7 Å². The summed E-state index contributed by atoms with van der Waals surface area (Å²) in [4.78, 5) is 60.9. The Balaban J connectivity index is 1.72. The summed E-state index contributed by atoms with van der Waals surface area (Å²) in [5, 5.41) is 25.0. The largest absolute Gasteiger partial charge is 0.395 e. The van der Waals surface area contributed by atoms with Crippen LogP contribution in [0, 0.1) is 15.0 Å². The minimum Gasteiger partial charge on any atom is -0.395 e. The summed E-state index contributed by atoms with van der Waals surface area (Å²) in [6.07, 6.45) is 0.750. The molecule has 0 aliphatic rings. The van der Waals surface area contributed by atoms with Crippen molar-refractivity contribution in [2.24, 2.45) is 10.9 Å². The van der Waals surface area contributed by atoms with Crippen molar-refractivity contribution in [2.45, 2.75) is 44.3 Å². The molecule has 3 rings (SSSR count). The van der Waals surface area contributed by atoms with Gasteiger partial charge in [-0.15, -0.1) is 4.91 Å². The minimum absolute atomic E-state index is 0.0792. The van der Waals surface area contributed by atoms with Gasteiger partial charge < -0.3 is 32.7 Å². The van der Waals surface area contributed by atoms with Crippen LogP contribution in [0.2, 0.25) is 0 Å². The third-order valence-corrected chi connectivity index (χ3v) is 6.83. The number of nitrogens with zero attached hydrogens (tertiary/aromatic N) is 2. The first-order valence-electron chi connectivity index (χ1n) is 14.0. The normalized spacial score (nSPS) is 12.7. The quantitative estimate of drug-likeness (QED) is 0.0463. The van der Waals surface area contributed by atoms with Gasteiger partial charge in [-0.2, -0.15) is 0 Å². The van der Waals surface area contributed by atoms with Gasteiger partial charge in [-0.3, -0.25) is 24.5 Å². The molecule has 14 heteroatoms. The van der Waals surface area contributed by atoms with Crippen molar-refractivity contribution in [3.8, 4) is 0 Å². The Kier molecular flexibility index (Phi) is 12.3. The van der Waals surface area contributed by atoms with Crippen LogP contribution >= 0.6 is 0 Å². The van der Waals surface area contributed by atoms with Gasteiger partial charge in [-0.25, -0.2) is 0 Å². The van der Waals surface area contributed by atoms with Crippen molar-refractivity contribution in [2.75, 3.05) is 24.1 Å². The Bertz CT molecular complexity index is 1450. The predicted molar refractivity (Wildman–Crippen MR) is 167 cm³/mol. The van der Waals surface area contributed by atoms with Crippen LogP contribution in [0.15, 0.2) is 78.0 Å². The van der Waals surface area contributed by atoms with Crippen molar-refractivity contribution in [3.63, 3.8) is 0 Å². The van der Waals surface area contributed by atoms with Crippen molar-refractivity contribution in [1.29, 1.82) is 0 Å². The SMILES string of the molecule is CCC(N)C(=O)NC(Cc1ccccc1)C(=O)NC(Cc1ccccc1)C(=O)NCCNc1ccc([N+](=O)[O-])c(N=O)c1N. The number of hydrogen-bond donors (Lipinski definition) is 6. The molecule has 0 spiro atoms. The Morgan fingerprint density at radius 1 is 0.841 bits per heavy atom. The van der Waals surface area contributed by atoms with Crippen molar-refractivity contribution < 1.29 is 19.3 Å². The highest BCUT2D eigenvalue weighted by molar-refractivity contribution is 5.93. The van der Waals surface area contributed by atoms with Gasteiger partial charge in [0, 0.05) is 32.0 Å². The minimum atomic E-state index is -0.991. The van der Waals surface area contributed by atoms with Gasteiger partial charge in [-0.1, -0.05) is 67.6 Å². The summed E-state index contributed by atoms with van der Waals surface area (Å²) in [6, 6.07) is 18.0. The number of nitro groups is 1. The van der Waals surface area contributed by atoms with E-state index in [1.807, 2.05) is 60.7 Å². The lowest BCUT2D eigenvalue weighted by molar-refractivity contribution is -0.384. The first-order chi connectivity index (χ1) is 21.1. The number of anilines is 2. The zero-order chi connectivity index (χ0) is 32.1. The molecule has 3 unspecified atom stereocenters. The van der Waals surface area contributed by atoms with E-state index in [1.54, 1.807) is 6.92 Å². The lowest BCUT2D eigenvalue weighted by Gasteiger charge is -2.24. The van der Waals surface area contributed by atoms with Crippen molar-refractivity contribution >= 4 is 40.5 Å². The molecule has 0 aliphatic carbocycles. The maximum Gasteiger partial charge on any atom is 0.300 e. The van der Waals surface area contributed by atoms with E-state index in [2.05, 4.69) is 26.4 Å². The molecule has 0 aliphatic heterocycles. The standard InChI is InChI=1S/C30H36N8O6/c1-2-21(31)28(39)35-24(18-20-11-7-4-8-12-20)30(41)36-23(17-19-9-5-3-6-10-19)29(40)34-16-15-33-22-13-14-25(38(43)44)27(37-42)26(22)32/h3-14,21,23-24,33H,2,15-18,31-32H2,1H3,(H,34,40)(H,35,39)(H,36,41). The lowest BCUT2D eigenvalue weighted by atomic mass is 10.0. The highest BCUT2D eigenvalue weighted by atomic mass is 16.6. The highest BCUT2D eigenvalue weighted by Gasteiger charge is 2.28. The summed E-state index contributed by atoms with van der Waals surface area (Å²) < 4.78 is 0. The summed E-state index contributed by atoms with van der Waals surface area (Å²) in [5.74, 6) is -1.50. The molecule has 3 aromatic rings. The van der Waals surface area contributed by atoms with E-state index in [0.29, 0.717) is 6.42 Å². The fraction of sp³-hybridized carbons (Fsp3) is 0.300. The average Bonchev–Trinajstić information content (AvgIpc) is 3.03. The third-order valence-electron chi connectivity index (χ3n) is 6.83. The molecule has 0 saturated carbocycles. The third kappa shape index (κ3) is 9.32.